The molecule has 108 valence electrons. The van der Waals surface area contributed by atoms with E-state index >= 15 is 0 Å². The van der Waals surface area contributed by atoms with Crippen LogP contribution in [0.1, 0.15) is 52.0 Å². The first-order chi connectivity index (χ1) is 8.94. The van der Waals surface area contributed by atoms with Gasteiger partial charge in [-0.05, 0) is 24.8 Å². The summed E-state index contributed by atoms with van der Waals surface area (Å²) in [5.74, 6) is 0.984. The van der Waals surface area contributed by atoms with Gasteiger partial charge in [-0.25, -0.2) is 0 Å². The fourth-order valence-electron chi connectivity index (χ4n) is 2.72. The topological polar surface area (TPSA) is 41.3 Å². The van der Waals surface area contributed by atoms with Gasteiger partial charge in [0.15, 0.2) is 5.76 Å². The lowest BCUT2D eigenvalue weighted by Gasteiger charge is -2.37. The van der Waals surface area contributed by atoms with Gasteiger partial charge in [0, 0.05) is 25.2 Å². The van der Waals surface area contributed by atoms with Crippen molar-refractivity contribution in [3.8, 4) is 0 Å². The van der Waals surface area contributed by atoms with E-state index in [1.54, 1.807) is 0 Å². The summed E-state index contributed by atoms with van der Waals surface area (Å²) < 4.78 is 5.44. The number of nitrogens with zero attached hydrogens (tertiary/aromatic N) is 2. The van der Waals surface area contributed by atoms with Crippen molar-refractivity contribution < 1.29 is 4.52 Å². The maximum atomic E-state index is 5.44. The van der Waals surface area contributed by atoms with Gasteiger partial charge in [-0.1, -0.05) is 32.9 Å². The predicted molar refractivity (Wildman–Crippen MR) is 76.8 cm³/mol. The zero-order valence-corrected chi connectivity index (χ0v) is 12.7. The monoisotopic (exact) mass is 265 g/mol. The highest BCUT2D eigenvalue weighted by atomic mass is 16.5. The maximum absolute atomic E-state index is 5.44. The van der Waals surface area contributed by atoms with E-state index in [-0.39, 0.29) is 0 Å². The number of rotatable bonds is 5. The fourth-order valence-corrected chi connectivity index (χ4v) is 2.72. The number of nitrogens with one attached hydrogen (secondary N) is 1. The molecule has 0 atom stereocenters. The zero-order chi connectivity index (χ0) is 13.9. The van der Waals surface area contributed by atoms with Gasteiger partial charge in [0.2, 0.25) is 0 Å². The molecule has 0 unspecified atom stereocenters. The van der Waals surface area contributed by atoms with E-state index in [1.165, 1.54) is 19.4 Å². The summed E-state index contributed by atoms with van der Waals surface area (Å²) in [5.41, 5.74) is 1.43. The molecule has 1 aliphatic heterocycles. The molecule has 0 amide bonds. The minimum Gasteiger partial charge on any atom is -0.360 e. The summed E-state index contributed by atoms with van der Waals surface area (Å²) in [4.78, 5) is 2.48. The third-order valence-electron chi connectivity index (χ3n) is 3.66. The summed E-state index contributed by atoms with van der Waals surface area (Å²) >= 11 is 0. The molecule has 0 aliphatic carbocycles. The number of hydrogen-bond donors (Lipinski definition) is 1. The Morgan fingerprint density at radius 1 is 1.47 bits per heavy atom. The number of hydrogen-bond acceptors (Lipinski definition) is 4. The second-order valence-electron chi connectivity index (χ2n) is 6.80. The van der Waals surface area contributed by atoms with Crippen LogP contribution in [0.5, 0.6) is 0 Å². The van der Waals surface area contributed by atoms with Gasteiger partial charge < -0.3 is 9.84 Å². The highest BCUT2D eigenvalue weighted by Crippen LogP contribution is 2.29. The Morgan fingerprint density at radius 3 is 2.95 bits per heavy atom. The normalized spacial score (nSPS) is 20.1. The molecular formula is C15H27N3O. The van der Waals surface area contributed by atoms with E-state index in [0.29, 0.717) is 11.5 Å². The molecule has 1 fully saturated rings. The molecule has 0 saturated carbocycles. The van der Waals surface area contributed by atoms with Crippen LogP contribution in [0.3, 0.4) is 0 Å². The van der Waals surface area contributed by atoms with Crippen LogP contribution in [-0.2, 0) is 13.1 Å². The third kappa shape index (κ3) is 4.62. The Hall–Kier alpha value is -0.870. The lowest BCUT2D eigenvalue weighted by atomic mass is 9.84. The van der Waals surface area contributed by atoms with E-state index in [2.05, 4.69) is 49.1 Å². The van der Waals surface area contributed by atoms with Crippen molar-refractivity contribution in [2.45, 2.75) is 59.7 Å². The first-order valence-electron chi connectivity index (χ1n) is 7.35. The van der Waals surface area contributed by atoms with Crippen molar-refractivity contribution >= 4 is 0 Å². The SMILES string of the molecule is CC(C)NCc1cc(CN2CCCC(C)(C)C2)on1. The van der Waals surface area contributed by atoms with Crippen LogP contribution in [0.2, 0.25) is 0 Å². The number of likely N-dealkylation sites (tertiary alicyclic amines) is 1. The van der Waals surface area contributed by atoms with E-state index in [4.69, 9.17) is 4.52 Å². The molecule has 0 bridgehead atoms. The molecule has 2 heterocycles. The van der Waals surface area contributed by atoms with Crippen molar-refractivity contribution in [1.29, 1.82) is 0 Å². The van der Waals surface area contributed by atoms with Gasteiger partial charge in [0.25, 0.3) is 0 Å². The third-order valence-corrected chi connectivity index (χ3v) is 3.66. The van der Waals surface area contributed by atoms with Gasteiger partial charge in [-0.2, -0.15) is 0 Å². The van der Waals surface area contributed by atoms with Gasteiger partial charge in [0.1, 0.15) is 0 Å². The molecule has 1 aliphatic rings. The molecule has 1 aromatic rings. The number of piperidine rings is 1. The molecule has 1 aromatic heterocycles. The largest absolute Gasteiger partial charge is 0.360 e. The Morgan fingerprint density at radius 2 is 2.26 bits per heavy atom. The molecule has 1 saturated heterocycles. The lowest BCUT2D eigenvalue weighted by Crippen LogP contribution is -2.39. The zero-order valence-electron chi connectivity index (χ0n) is 12.7. The summed E-state index contributed by atoms with van der Waals surface area (Å²) in [6.45, 7) is 12.9. The van der Waals surface area contributed by atoms with Crippen molar-refractivity contribution in [2.75, 3.05) is 13.1 Å². The van der Waals surface area contributed by atoms with Crippen molar-refractivity contribution in [2.24, 2.45) is 5.41 Å². The van der Waals surface area contributed by atoms with Crippen LogP contribution in [0, 0.1) is 5.41 Å². The van der Waals surface area contributed by atoms with Crippen molar-refractivity contribution in [3.63, 3.8) is 0 Å². The first kappa shape index (κ1) is 14.5. The van der Waals surface area contributed by atoms with Gasteiger partial charge in [-0.3, -0.25) is 4.90 Å². The molecule has 4 nitrogen and oxygen atoms in total. The summed E-state index contributed by atoms with van der Waals surface area (Å²) in [5, 5.41) is 7.48. The minimum atomic E-state index is 0.431. The Balaban J connectivity index is 1.85. The smallest absolute Gasteiger partial charge is 0.151 e. The fraction of sp³-hybridized carbons (Fsp3) is 0.800. The summed E-state index contributed by atoms with van der Waals surface area (Å²) in [6, 6.07) is 2.56. The second-order valence-corrected chi connectivity index (χ2v) is 6.80. The lowest BCUT2D eigenvalue weighted by molar-refractivity contribution is 0.102. The summed E-state index contributed by atoms with van der Waals surface area (Å²) in [7, 11) is 0. The van der Waals surface area contributed by atoms with Crippen LogP contribution in [0.25, 0.3) is 0 Å². The maximum Gasteiger partial charge on any atom is 0.151 e. The average molecular weight is 265 g/mol. The van der Waals surface area contributed by atoms with E-state index in [9.17, 15) is 0 Å². The molecule has 0 spiro atoms. The quantitative estimate of drug-likeness (QED) is 0.889. The Bertz CT molecular complexity index is 398. The number of aromatic nitrogens is 1. The van der Waals surface area contributed by atoms with E-state index in [0.717, 1.165) is 31.1 Å². The van der Waals surface area contributed by atoms with Crippen molar-refractivity contribution in [1.82, 2.24) is 15.4 Å². The van der Waals surface area contributed by atoms with Crippen LogP contribution in [0.15, 0.2) is 10.6 Å². The molecular weight excluding hydrogens is 238 g/mol. The van der Waals surface area contributed by atoms with Crippen molar-refractivity contribution in [3.05, 3.63) is 17.5 Å². The molecule has 0 radical (unpaired) electrons. The van der Waals surface area contributed by atoms with Gasteiger partial charge in [0.05, 0.1) is 12.2 Å². The van der Waals surface area contributed by atoms with Crippen LogP contribution >= 0.6 is 0 Å². The second kappa shape index (κ2) is 6.06. The van der Waals surface area contributed by atoms with Gasteiger partial charge >= 0.3 is 0 Å². The molecule has 4 heteroatoms. The molecule has 0 aromatic carbocycles. The van der Waals surface area contributed by atoms with Crippen LogP contribution in [-0.4, -0.2) is 29.2 Å². The van der Waals surface area contributed by atoms with Crippen LogP contribution < -0.4 is 5.32 Å². The Kier molecular flexibility index (Phi) is 4.63. The molecule has 1 N–H and O–H groups in total. The van der Waals surface area contributed by atoms with Gasteiger partial charge in [-0.15, -0.1) is 0 Å². The highest BCUT2D eigenvalue weighted by molar-refractivity contribution is 5.05. The summed E-state index contributed by atoms with van der Waals surface area (Å²) in [6.07, 6.45) is 2.60. The van der Waals surface area contributed by atoms with E-state index < -0.39 is 0 Å². The highest BCUT2D eigenvalue weighted by Gasteiger charge is 2.26. The first-order valence-corrected chi connectivity index (χ1v) is 7.35. The van der Waals surface area contributed by atoms with Crippen LogP contribution in [0.4, 0.5) is 0 Å². The standard InChI is InChI=1S/C15H27N3O/c1-12(2)16-9-13-8-14(19-17-13)10-18-7-5-6-15(3,4)11-18/h8,12,16H,5-7,9-11H2,1-4H3. The van der Waals surface area contributed by atoms with E-state index in [1.807, 2.05) is 0 Å². The molecule has 2 rings (SSSR count). The predicted octanol–water partition coefficient (Wildman–Crippen LogP) is 2.79. The average Bonchev–Trinajstić information content (AvgIpc) is 2.73. The molecule has 19 heavy (non-hydrogen) atoms. The Labute approximate surface area is 116 Å². The minimum absolute atomic E-state index is 0.431.